The first kappa shape index (κ1) is 18.1. The topological polar surface area (TPSA) is 66.9 Å². The van der Waals surface area contributed by atoms with Crippen LogP contribution in [0.15, 0.2) is 24.3 Å². The molecule has 0 aromatic heterocycles. The molecule has 1 aromatic carbocycles. The van der Waals surface area contributed by atoms with Gasteiger partial charge in [0, 0.05) is 19.6 Å². The number of rotatable bonds is 6. The van der Waals surface area contributed by atoms with Gasteiger partial charge in [-0.3, -0.25) is 19.3 Å². The zero-order chi connectivity index (χ0) is 17.9. The average Bonchev–Trinajstić information content (AvgIpc) is 2.78. The number of carbonyl (C=O) groups excluding carboxylic acids is 3. The Bertz CT molecular complexity index is 614. The van der Waals surface area contributed by atoms with Gasteiger partial charge in [0.25, 0.3) is 11.8 Å². The maximum atomic E-state index is 12.3. The molecule has 1 aromatic rings. The van der Waals surface area contributed by atoms with Gasteiger partial charge in [-0.05, 0) is 39.8 Å². The van der Waals surface area contributed by atoms with Crippen LogP contribution in [-0.4, -0.2) is 59.4 Å². The molecule has 0 fully saturated rings. The third kappa shape index (κ3) is 4.00. The van der Waals surface area contributed by atoms with Crippen molar-refractivity contribution in [3.63, 3.8) is 0 Å². The van der Waals surface area contributed by atoms with Crippen molar-refractivity contribution in [3.8, 4) is 0 Å². The Morgan fingerprint density at radius 1 is 1.12 bits per heavy atom. The van der Waals surface area contributed by atoms with Crippen LogP contribution in [0, 0.1) is 0 Å². The highest BCUT2D eigenvalue weighted by Gasteiger charge is 2.35. The van der Waals surface area contributed by atoms with E-state index in [4.69, 9.17) is 4.74 Å². The molecular weight excluding hydrogens is 308 g/mol. The van der Waals surface area contributed by atoms with Crippen molar-refractivity contribution in [2.75, 3.05) is 26.2 Å². The van der Waals surface area contributed by atoms with E-state index >= 15 is 0 Å². The molecule has 0 unspecified atom stereocenters. The van der Waals surface area contributed by atoms with Crippen LogP contribution in [0.3, 0.4) is 0 Å². The Kier molecular flexibility index (Phi) is 5.39. The van der Waals surface area contributed by atoms with Crippen molar-refractivity contribution >= 4 is 17.7 Å². The first-order valence-corrected chi connectivity index (χ1v) is 8.11. The predicted molar refractivity (Wildman–Crippen MR) is 89.8 cm³/mol. The molecule has 0 N–H and O–H groups in total. The summed E-state index contributed by atoms with van der Waals surface area (Å²) >= 11 is 0. The van der Waals surface area contributed by atoms with Crippen molar-refractivity contribution < 1.29 is 19.1 Å². The zero-order valence-electron chi connectivity index (χ0n) is 14.7. The van der Waals surface area contributed by atoms with Crippen LogP contribution in [0.25, 0.3) is 0 Å². The summed E-state index contributed by atoms with van der Waals surface area (Å²) in [5, 5.41) is 0. The molecule has 1 aliphatic rings. The number of likely N-dealkylation sites (N-methyl/N-ethyl adjacent to an activating group) is 1. The van der Waals surface area contributed by atoms with E-state index < -0.39 is 5.60 Å². The summed E-state index contributed by atoms with van der Waals surface area (Å²) in [6.45, 7) is 8.47. The Balaban J connectivity index is 1.96. The second-order valence-corrected chi connectivity index (χ2v) is 6.68. The summed E-state index contributed by atoms with van der Waals surface area (Å²) in [5.74, 6) is -0.751. The third-order valence-electron chi connectivity index (χ3n) is 3.83. The number of imide groups is 1. The molecule has 3 amide bonds. The van der Waals surface area contributed by atoms with Crippen LogP contribution >= 0.6 is 0 Å². The summed E-state index contributed by atoms with van der Waals surface area (Å²) < 4.78 is 5.50. The number of ether oxygens (including phenoxy) is 1. The van der Waals surface area contributed by atoms with Gasteiger partial charge in [0.1, 0.15) is 6.61 Å². The van der Waals surface area contributed by atoms with Crippen LogP contribution in [0.4, 0.5) is 0 Å². The molecule has 1 heterocycles. The number of hydrogen-bond acceptors (Lipinski definition) is 4. The summed E-state index contributed by atoms with van der Waals surface area (Å²) in [6, 6.07) is 6.77. The number of hydrogen-bond donors (Lipinski definition) is 0. The van der Waals surface area contributed by atoms with Crippen molar-refractivity contribution in [1.29, 1.82) is 0 Å². The number of benzene rings is 1. The fourth-order valence-corrected chi connectivity index (χ4v) is 2.49. The van der Waals surface area contributed by atoms with Crippen LogP contribution in [-0.2, 0) is 9.53 Å². The normalized spacial score (nSPS) is 14.1. The molecule has 0 spiro atoms. The SMILES string of the molecule is CCN(CCN1C(=O)c2ccccc2C1=O)C(=O)COC(C)(C)C. The zero-order valence-corrected chi connectivity index (χ0v) is 14.7. The molecule has 1 aliphatic heterocycles. The van der Waals surface area contributed by atoms with E-state index in [1.165, 1.54) is 4.90 Å². The molecule has 6 heteroatoms. The molecular formula is C18H24N2O4. The van der Waals surface area contributed by atoms with Gasteiger partial charge in [0.05, 0.1) is 16.7 Å². The van der Waals surface area contributed by atoms with Crippen molar-refractivity contribution in [2.24, 2.45) is 0 Å². The van der Waals surface area contributed by atoms with Crippen LogP contribution in [0.2, 0.25) is 0 Å². The number of fused-ring (bicyclic) bond motifs is 1. The van der Waals surface area contributed by atoms with E-state index in [2.05, 4.69) is 0 Å². The minimum atomic E-state index is -0.391. The van der Waals surface area contributed by atoms with Gasteiger partial charge in [-0.15, -0.1) is 0 Å². The molecule has 24 heavy (non-hydrogen) atoms. The lowest BCUT2D eigenvalue weighted by molar-refractivity contribution is -0.140. The fourth-order valence-electron chi connectivity index (χ4n) is 2.49. The summed E-state index contributed by atoms with van der Waals surface area (Å²) in [7, 11) is 0. The van der Waals surface area contributed by atoms with Gasteiger partial charge in [0.15, 0.2) is 0 Å². The highest BCUT2D eigenvalue weighted by molar-refractivity contribution is 6.21. The van der Waals surface area contributed by atoms with E-state index in [0.717, 1.165) is 0 Å². The predicted octanol–water partition coefficient (Wildman–Crippen LogP) is 1.95. The fraction of sp³-hybridized carbons (Fsp3) is 0.500. The van der Waals surface area contributed by atoms with E-state index in [9.17, 15) is 14.4 Å². The second-order valence-electron chi connectivity index (χ2n) is 6.68. The Hall–Kier alpha value is -2.21. The lowest BCUT2D eigenvalue weighted by Crippen LogP contribution is -2.42. The average molecular weight is 332 g/mol. The summed E-state index contributed by atoms with van der Waals surface area (Å²) in [6.07, 6.45) is 0. The highest BCUT2D eigenvalue weighted by Crippen LogP contribution is 2.22. The lowest BCUT2D eigenvalue weighted by Gasteiger charge is -2.26. The number of amides is 3. The minimum absolute atomic E-state index is 0.0144. The molecule has 130 valence electrons. The van der Waals surface area contributed by atoms with Gasteiger partial charge >= 0.3 is 0 Å². The molecule has 6 nitrogen and oxygen atoms in total. The van der Waals surface area contributed by atoms with E-state index in [-0.39, 0.29) is 30.9 Å². The van der Waals surface area contributed by atoms with Gasteiger partial charge < -0.3 is 9.64 Å². The minimum Gasteiger partial charge on any atom is -0.366 e. The van der Waals surface area contributed by atoms with E-state index in [1.54, 1.807) is 29.2 Å². The van der Waals surface area contributed by atoms with Crippen LogP contribution in [0.1, 0.15) is 48.4 Å². The Morgan fingerprint density at radius 2 is 1.67 bits per heavy atom. The first-order chi connectivity index (χ1) is 11.2. The largest absolute Gasteiger partial charge is 0.366 e. The van der Waals surface area contributed by atoms with Gasteiger partial charge in [-0.2, -0.15) is 0 Å². The standard InChI is InChI=1S/C18H24N2O4/c1-5-19(15(21)12-24-18(2,3)4)10-11-20-16(22)13-8-6-7-9-14(13)17(20)23/h6-9H,5,10-12H2,1-4H3. The maximum Gasteiger partial charge on any atom is 0.261 e. The Labute approximate surface area is 142 Å². The Morgan fingerprint density at radius 3 is 2.12 bits per heavy atom. The second kappa shape index (κ2) is 7.13. The third-order valence-corrected chi connectivity index (χ3v) is 3.83. The van der Waals surface area contributed by atoms with E-state index in [0.29, 0.717) is 24.2 Å². The lowest BCUT2D eigenvalue weighted by atomic mass is 10.1. The first-order valence-electron chi connectivity index (χ1n) is 8.11. The molecule has 0 saturated carbocycles. The van der Waals surface area contributed by atoms with Crippen molar-refractivity contribution in [3.05, 3.63) is 35.4 Å². The smallest absolute Gasteiger partial charge is 0.261 e. The number of carbonyl (C=O) groups is 3. The molecule has 0 saturated heterocycles. The van der Waals surface area contributed by atoms with Crippen molar-refractivity contribution in [1.82, 2.24) is 9.80 Å². The number of nitrogens with zero attached hydrogens (tertiary/aromatic N) is 2. The summed E-state index contributed by atoms with van der Waals surface area (Å²) in [5.41, 5.74) is 0.457. The highest BCUT2D eigenvalue weighted by atomic mass is 16.5. The van der Waals surface area contributed by atoms with Gasteiger partial charge in [-0.25, -0.2) is 0 Å². The van der Waals surface area contributed by atoms with Crippen molar-refractivity contribution in [2.45, 2.75) is 33.3 Å². The summed E-state index contributed by atoms with van der Waals surface area (Å²) in [4.78, 5) is 39.6. The molecule has 0 radical (unpaired) electrons. The molecule has 0 aliphatic carbocycles. The van der Waals surface area contributed by atoms with Gasteiger partial charge in [0.2, 0.25) is 5.91 Å². The van der Waals surface area contributed by atoms with Crippen LogP contribution in [0.5, 0.6) is 0 Å². The van der Waals surface area contributed by atoms with Crippen LogP contribution < -0.4 is 0 Å². The maximum absolute atomic E-state index is 12.3. The van der Waals surface area contributed by atoms with Gasteiger partial charge in [-0.1, -0.05) is 12.1 Å². The quantitative estimate of drug-likeness (QED) is 0.747. The van der Waals surface area contributed by atoms with E-state index in [1.807, 2.05) is 27.7 Å². The molecule has 0 bridgehead atoms. The molecule has 2 rings (SSSR count). The molecule has 0 atom stereocenters. The monoisotopic (exact) mass is 332 g/mol.